The summed E-state index contributed by atoms with van der Waals surface area (Å²) >= 11 is 12.5. The smallest absolute Gasteiger partial charge is 0.280 e. The van der Waals surface area contributed by atoms with Crippen LogP contribution in [-0.2, 0) is 0 Å². The Balaban J connectivity index is 2.26. The zero-order chi connectivity index (χ0) is 17.3. The molecule has 0 fully saturated rings. The van der Waals surface area contributed by atoms with Crippen molar-refractivity contribution in [3.63, 3.8) is 0 Å². The van der Waals surface area contributed by atoms with Crippen molar-refractivity contribution in [3.8, 4) is 11.1 Å². The van der Waals surface area contributed by atoms with Crippen LogP contribution < -0.4 is 11.5 Å². The first-order valence-electron chi connectivity index (χ1n) is 6.93. The standard InChI is InChI=1S/C17H12Cl2N4O/c18-13-7-22-8-14(19)15(13)11-3-1-2-9-4-5-10(6-12(9)11)16(24)23-17(20)21/h1-8H,(H4,20,21,23,24). The molecule has 0 saturated carbocycles. The molecule has 0 aliphatic heterocycles. The summed E-state index contributed by atoms with van der Waals surface area (Å²) in [6.45, 7) is 0. The maximum absolute atomic E-state index is 12.1. The Morgan fingerprint density at radius 1 is 1.04 bits per heavy atom. The number of aromatic nitrogens is 1. The van der Waals surface area contributed by atoms with E-state index in [1.165, 1.54) is 12.4 Å². The molecule has 0 aliphatic carbocycles. The first kappa shape index (κ1) is 16.2. The molecule has 0 aliphatic rings. The monoisotopic (exact) mass is 358 g/mol. The maximum Gasteiger partial charge on any atom is 0.280 e. The van der Waals surface area contributed by atoms with E-state index in [0.29, 0.717) is 21.2 Å². The van der Waals surface area contributed by atoms with Crippen LogP contribution in [0.15, 0.2) is 53.8 Å². The van der Waals surface area contributed by atoms with Gasteiger partial charge in [0.05, 0.1) is 10.0 Å². The quantitative estimate of drug-likeness (QED) is 0.540. The van der Waals surface area contributed by atoms with Crippen LogP contribution in [-0.4, -0.2) is 16.9 Å². The van der Waals surface area contributed by atoms with Crippen LogP contribution in [0.25, 0.3) is 21.9 Å². The Labute approximate surface area is 147 Å². The lowest BCUT2D eigenvalue weighted by Crippen LogP contribution is -2.24. The van der Waals surface area contributed by atoms with Crippen molar-refractivity contribution in [1.82, 2.24) is 4.98 Å². The van der Waals surface area contributed by atoms with E-state index < -0.39 is 5.91 Å². The van der Waals surface area contributed by atoms with Crippen molar-refractivity contribution in [2.45, 2.75) is 0 Å². The van der Waals surface area contributed by atoms with Gasteiger partial charge < -0.3 is 11.5 Å². The minimum Gasteiger partial charge on any atom is -0.370 e. The molecule has 0 bridgehead atoms. The molecule has 24 heavy (non-hydrogen) atoms. The number of guanidine groups is 1. The van der Waals surface area contributed by atoms with Gasteiger partial charge in [0.25, 0.3) is 5.91 Å². The minimum absolute atomic E-state index is 0.284. The number of carbonyl (C=O) groups excluding carboxylic acids is 1. The summed E-state index contributed by atoms with van der Waals surface area (Å²) in [6.07, 6.45) is 3.05. The van der Waals surface area contributed by atoms with E-state index in [1.54, 1.807) is 12.1 Å². The number of fused-ring (bicyclic) bond motifs is 1. The molecule has 1 amide bonds. The second-order valence-corrected chi connectivity index (χ2v) is 5.88. The summed E-state index contributed by atoms with van der Waals surface area (Å²) in [4.78, 5) is 19.6. The number of rotatable bonds is 2. The van der Waals surface area contributed by atoms with Gasteiger partial charge in [-0.3, -0.25) is 9.78 Å². The Hall–Kier alpha value is -2.63. The molecule has 1 aromatic heterocycles. The highest BCUT2D eigenvalue weighted by Gasteiger charge is 2.14. The molecular weight excluding hydrogens is 347 g/mol. The molecule has 4 N–H and O–H groups in total. The van der Waals surface area contributed by atoms with Gasteiger partial charge in [0, 0.05) is 23.5 Å². The number of aliphatic imine (C=N–C) groups is 1. The molecule has 0 unspecified atom stereocenters. The second kappa shape index (κ2) is 6.47. The van der Waals surface area contributed by atoms with Crippen LogP contribution in [0.4, 0.5) is 0 Å². The van der Waals surface area contributed by atoms with E-state index in [2.05, 4.69) is 9.98 Å². The van der Waals surface area contributed by atoms with Gasteiger partial charge in [0.15, 0.2) is 5.96 Å². The number of nitrogens with two attached hydrogens (primary N) is 2. The van der Waals surface area contributed by atoms with Gasteiger partial charge in [-0.1, -0.05) is 47.5 Å². The largest absolute Gasteiger partial charge is 0.370 e. The SMILES string of the molecule is NC(N)=NC(=O)c1ccc2cccc(-c3c(Cl)cncc3Cl)c2c1. The van der Waals surface area contributed by atoms with Crippen LogP contribution in [0.2, 0.25) is 10.0 Å². The molecule has 2 aromatic carbocycles. The molecule has 1 heterocycles. The summed E-state index contributed by atoms with van der Waals surface area (Å²) < 4.78 is 0. The lowest BCUT2D eigenvalue weighted by molar-refractivity contribution is 0.100. The maximum atomic E-state index is 12.1. The topological polar surface area (TPSA) is 94.4 Å². The number of hydrogen-bond acceptors (Lipinski definition) is 2. The summed E-state index contributed by atoms with van der Waals surface area (Å²) in [6, 6.07) is 10.9. The van der Waals surface area contributed by atoms with E-state index >= 15 is 0 Å². The fourth-order valence-corrected chi connectivity index (χ4v) is 3.04. The van der Waals surface area contributed by atoms with Crippen molar-refractivity contribution in [2.75, 3.05) is 0 Å². The highest BCUT2D eigenvalue weighted by molar-refractivity contribution is 6.39. The molecule has 0 saturated heterocycles. The zero-order valence-electron chi connectivity index (χ0n) is 12.3. The highest BCUT2D eigenvalue weighted by Crippen LogP contribution is 2.38. The van der Waals surface area contributed by atoms with Gasteiger partial charge in [-0.25, -0.2) is 0 Å². The number of benzene rings is 2. The van der Waals surface area contributed by atoms with Crippen LogP contribution in [0.1, 0.15) is 10.4 Å². The summed E-state index contributed by atoms with van der Waals surface area (Å²) in [5.41, 5.74) is 12.4. The summed E-state index contributed by atoms with van der Waals surface area (Å²) in [5.74, 6) is -0.799. The molecule has 0 radical (unpaired) electrons. The lowest BCUT2D eigenvalue weighted by atomic mass is 9.97. The molecule has 3 aromatic rings. The van der Waals surface area contributed by atoms with Gasteiger partial charge in [-0.15, -0.1) is 0 Å². The first-order chi connectivity index (χ1) is 11.5. The van der Waals surface area contributed by atoms with E-state index in [1.807, 2.05) is 24.3 Å². The fourth-order valence-electron chi connectivity index (χ4n) is 2.47. The third-order valence-corrected chi connectivity index (χ3v) is 4.06. The van der Waals surface area contributed by atoms with Gasteiger partial charge >= 0.3 is 0 Å². The van der Waals surface area contributed by atoms with Crippen molar-refractivity contribution in [3.05, 3.63) is 64.4 Å². The van der Waals surface area contributed by atoms with Gasteiger partial charge in [-0.2, -0.15) is 4.99 Å². The number of halogens is 2. The molecule has 7 heteroatoms. The molecule has 0 spiro atoms. The predicted octanol–water partition coefficient (Wildman–Crippen LogP) is 3.62. The third-order valence-electron chi connectivity index (χ3n) is 3.48. The molecule has 0 atom stereocenters. The predicted molar refractivity (Wildman–Crippen MR) is 97.3 cm³/mol. The average Bonchev–Trinajstić information content (AvgIpc) is 2.53. The number of nitrogens with zero attached hydrogens (tertiary/aromatic N) is 2. The Kier molecular flexibility index (Phi) is 4.38. The van der Waals surface area contributed by atoms with Gasteiger partial charge in [0.2, 0.25) is 0 Å². The van der Waals surface area contributed by atoms with Crippen LogP contribution in [0.3, 0.4) is 0 Å². The number of pyridine rings is 1. The van der Waals surface area contributed by atoms with E-state index in [-0.39, 0.29) is 5.96 Å². The van der Waals surface area contributed by atoms with Crippen LogP contribution in [0, 0.1) is 0 Å². The summed E-state index contributed by atoms with van der Waals surface area (Å²) in [5, 5.41) is 2.59. The Morgan fingerprint density at radius 2 is 1.75 bits per heavy atom. The average molecular weight is 359 g/mol. The zero-order valence-corrected chi connectivity index (χ0v) is 13.8. The molecular formula is C17H12Cl2N4O. The molecule has 120 valence electrons. The van der Waals surface area contributed by atoms with E-state index in [0.717, 1.165) is 16.3 Å². The van der Waals surface area contributed by atoms with Crippen LogP contribution >= 0.6 is 23.2 Å². The lowest BCUT2D eigenvalue weighted by Gasteiger charge is -2.11. The van der Waals surface area contributed by atoms with Crippen molar-refractivity contribution in [2.24, 2.45) is 16.5 Å². The Morgan fingerprint density at radius 3 is 2.42 bits per heavy atom. The first-order valence-corrected chi connectivity index (χ1v) is 7.69. The fraction of sp³-hybridized carbons (Fsp3) is 0. The van der Waals surface area contributed by atoms with E-state index in [9.17, 15) is 4.79 Å². The number of carbonyl (C=O) groups is 1. The van der Waals surface area contributed by atoms with Gasteiger partial charge in [0.1, 0.15) is 0 Å². The normalized spacial score (nSPS) is 10.6. The summed E-state index contributed by atoms with van der Waals surface area (Å²) in [7, 11) is 0. The minimum atomic E-state index is -0.515. The van der Waals surface area contributed by atoms with Crippen molar-refractivity contribution >= 4 is 45.8 Å². The number of amides is 1. The van der Waals surface area contributed by atoms with Crippen LogP contribution in [0.5, 0.6) is 0 Å². The number of hydrogen-bond donors (Lipinski definition) is 2. The van der Waals surface area contributed by atoms with Gasteiger partial charge in [-0.05, 0) is 28.5 Å². The van der Waals surface area contributed by atoms with Crippen molar-refractivity contribution in [1.29, 1.82) is 0 Å². The Bertz CT molecular complexity index is 961. The van der Waals surface area contributed by atoms with E-state index in [4.69, 9.17) is 34.7 Å². The van der Waals surface area contributed by atoms with Crippen molar-refractivity contribution < 1.29 is 4.79 Å². The molecule has 5 nitrogen and oxygen atoms in total. The second-order valence-electron chi connectivity index (χ2n) is 5.06. The molecule has 3 rings (SSSR count). The highest BCUT2D eigenvalue weighted by atomic mass is 35.5. The third kappa shape index (κ3) is 3.04.